The highest BCUT2D eigenvalue weighted by Crippen LogP contribution is 2.56. The summed E-state index contributed by atoms with van der Waals surface area (Å²) in [5.41, 5.74) is -0.763. The smallest absolute Gasteiger partial charge is 0.319 e. The molecule has 0 aromatic rings. The molecular formula is C12H20O3. The minimum Gasteiger partial charge on any atom is -0.465 e. The summed E-state index contributed by atoms with van der Waals surface area (Å²) in [6.07, 6.45) is 2.88. The van der Waals surface area contributed by atoms with Crippen LogP contribution in [0.15, 0.2) is 0 Å². The van der Waals surface area contributed by atoms with Gasteiger partial charge in [0.2, 0.25) is 0 Å². The molecule has 1 saturated carbocycles. The number of carbonyl (C=O) groups excluding carboxylic acids is 2. The molecule has 0 radical (unpaired) electrons. The highest BCUT2D eigenvalue weighted by Gasteiger charge is 2.64. The molecule has 0 bridgehead atoms. The van der Waals surface area contributed by atoms with Gasteiger partial charge in [-0.3, -0.25) is 9.59 Å². The van der Waals surface area contributed by atoms with E-state index in [0.29, 0.717) is 19.4 Å². The maximum atomic E-state index is 11.9. The van der Waals surface area contributed by atoms with Crippen molar-refractivity contribution in [1.29, 1.82) is 0 Å². The van der Waals surface area contributed by atoms with Gasteiger partial charge in [0.25, 0.3) is 0 Å². The van der Waals surface area contributed by atoms with Crippen molar-refractivity contribution in [2.24, 2.45) is 11.3 Å². The van der Waals surface area contributed by atoms with E-state index in [9.17, 15) is 9.59 Å². The molecule has 3 nitrogen and oxygen atoms in total. The van der Waals surface area contributed by atoms with Crippen molar-refractivity contribution >= 4 is 11.8 Å². The van der Waals surface area contributed by atoms with Gasteiger partial charge in [0, 0.05) is 6.42 Å². The number of hydrogen-bond donors (Lipinski definition) is 0. The molecule has 1 fully saturated rings. The van der Waals surface area contributed by atoms with Gasteiger partial charge in [0.15, 0.2) is 0 Å². The monoisotopic (exact) mass is 212 g/mol. The number of hydrogen-bond acceptors (Lipinski definition) is 3. The van der Waals surface area contributed by atoms with Gasteiger partial charge >= 0.3 is 5.97 Å². The Balaban J connectivity index is 2.73. The maximum absolute atomic E-state index is 11.9. The summed E-state index contributed by atoms with van der Waals surface area (Å²) in [6.45, 7) is 6.11. The molecule has 86 valence electrons. The molecule has 0 aromatic heterocycles. The zero-order valence-electron chi connectivity index (χ0n) is 9.84. The molecule has 1 aliphatic carbocycles. The molecule has 2 atom stereocenters. The Kier molecular flexibility index (Phi) is 3.89. The molecule has 1 rings (SSSR count). The van der Waals surface area contributed by atoms with Crippen LogP contribution in [0.25, 0.3) is 0 Å². The Morgan fingerprint density at radius 3 is 2.40 bits per heavy atom. The average Bonchev–Trinajstić information content (AvgIpc) is 2.94. The van der Waals surface area contributed by atoms with Crippen LogP contribution in [0.2, 0.25) is 0 Å². The summed E-state index contributed by atoms with van der Waals surface area (Å²) in [4.78, 5) is 23.7. The average molecular weight is 212 g/mol. The molecule has 0 N–H and O–H groups in total. The van der Waals surface area contributed by atoms with Gasteiger partial charge < -0.3 is 4.74 Å². The fourth-order valence-electron chi connectivity index (χ4n) is 2.24. The second kappa shape index (κ2) is 4.77. The quantitative estimate of drug-likeness (QED) is 0.501. The van der Waals surface area contributed by atoms with Gasteiger partial charge in [-0.15, -0.1) is 0 Å². The lowest BCUT2D eigenvalue weighted by Gasteiger charge is -2.13. The molecule has 1 aliphatic rings. The lowest BCUT2D eigenvalue weighted by molar-refractivity contribution is -0.154. The first kappa shape index (κ1) is 12.2. The van der Waals surface area contributed by atoms with E-state index in [0.717, 1.165) is 12.8 Å². The molecule has 2 unspecified atom stereocenters. The van der Waals surface area contributed by atoms with Crippen LogP contribution in [0.1, 0.15) is 46.5 Å². The van der Waals surface area contributed by atoms with Crippen molar-refractivity contribution in [3.8, 4) is 0 Å². The van der Waals surface area contributed by atoms with Gasteiger partial charge in [-0.25, -0.2) is 0 Å². The minimum atomic E-state index is -0.763. The predicted octanol–water partition coefficient (Wildman–Crippen LogP) is 2.33. The van der Waals surface area contributed by atoms with Crippen LogP contribution in [0.3, 0.4) is 0 Å². The zero-order chi connectivity index (χ0) is 11.5. The van der Waals surface area contributed by atoms with Gasteiger partial charge in [-0.1, -0.05) is 20.3 Å². The Hall–Kier alpha value is -0.860. The number of ether oxygens (including phenoxy) is 1. The van der Waals surface area contributed by atoms with Crippen LogP contribution in [0, 0.1) is 11.3 Å². The number of carbonyl (C=O) groups is 2. The van der Waals surface area contributed by atoms with Crippen molar-refractivity contribution in [2.45, 2.75) is 46.5 Å². The SMILES string of the molecule is CCCC(=O)C1(C(=O)OCC)CC1CC. The second-order valence-corrected chi connectivity index (χ2v) is 4.17. The Bertz CT molecular complexity index is 240. The van der Waals surface area contributed by atoms with E-state index in [1.165, 1.54) is 0 Å². The maximum Gasteiger partial charge on any atom is 0.319 e. The molecule has 0 spiro atoms. The van der Waals surface area contributed by atoms with E-state index in [1.54, 1.807) is 6.92 Å². The van der Waals surface area contributed by atoms with Crippen molar-refractivity contribution in [2.75, 3.05) is 6.61 Å². The molecule has 0 aromatic carbocycles. The highest BCUT2D eigenvalue weighted by atomic mass is 16.5. The predicted molar refractivity (Wildman–Crippen MR) is 57.4 cm³/mol. The molecular weight excluding hydrogens is 192 g/mol. The summed E-state index contributed by atoms with van der Waals surface area (Å²) >= 11 is 0. The fraction of sp³-hybridized carbons (Fsp3) is 0.833. The molecule has 0 heterocycles. The van der Waals surface area contributed by atoms with Crippen LogP contribution in [0.4, 0.5) is 0 Å². The Morgan fingerprint density at radius 1 is 1.33 bits per heavy atom. The first-order chi connectivity index (χ1) is 7.13. The molecule has 0 aliphatic heterocycles. The van der Waals surface area contributed by atoms with Crippen molar-refractivity contribution in [3.05, 3.63) is 0 Å². The largest absolute Gasteiger partial charge is 0.465 e. The van der Waals surface area contributed by atoms with Gasteiger partial charge in [-0.2, -0.15) is 0 Å². The summed E-state index contributed by atoms with van der Waals surface area (Å²) < 4.78 is 5.01. The van der Waals surface area contributed by atoms with Crippen LogP contribution in [-0.2, 0) is 14.3 Å². The molecule has 3 heteroatoms. The third-order valence-corrected chi connectivity index (χ3v) is 3.21. The van der Waals surface area contributed by atoms with E-state index >= 15 is 0 Å². The first-order valence-corrected chi connectivity index (χ1v) is 5.83. The Labute approximate surface area is 91.2 Å². The number of ketones is 1. The topological polar surface area (TPSA) is 43.4 Å². The van der Waals surface area contributed by atoms with Crippen LogP contribution < -0.4 is 0 Å². The fourth-order valence-corrected chi connectivity index (χ4v) is 2.24. The van der Waals surface area contributed by atoms with Gasteiger partial charge in [0.1, 0.15) is 11.2 Å². The Morgan fingerprint density at radius 2 is 2.00 bits per heavy atom. The summed E-state index contributed by atoms with van der Waals surface area (Å²) in [7, 11) is 0. The first-order valence-electron chi connectivity index (χ1n) is 5.83. The standard InChI is InChI=1S/C12H20O3/c1-4-7-10(13)12(8-9(12)5-2)11(14)15-6-3/h9H,4-8H2,1-3H3. The third-order valence-electron chi connectivity index (χ3n) is 3.21. The summed E-state index contributed by atoms with van der Waals surface area (Å²) in [6, 6.07) is 0. The van der Waals surface area contributed by atoms with E-state index in [4.69, 9.17) is 4.74 Å². The van der Waals surface area contributed by atoms with E-state index in [1.807, 2.05) is 13.8 Å². The summed E-state index contributed by atoms with van der Waals surface area (Å²) in [5.74, 6) is 0.00111. The minimum absolute atomic E-state index is 0.0790. The van der Waals surface area contributed by atoms with Gasteiger partial charge in [0.05, 0.1) is 6.61 Å². The van der Waals surface area contributed by atoms with Crippen molar-refractivity contribution < 1.29 is 14.3 Å². The van der Waals surface area contributed by atoms with Crippen molar-refractivity contribution in [1.82, 2.24) is 0 Å². The third kappa shape index (κ3) is 2.06. The molecule has 0 saturated heterocycles. The van der Waals surface area contributed by atoms with E-state index in [2.05, 4.69) is 0 Å². The number of Topliss-reactive ketones (excluding diaryl/α,β-unsaturated/α-hetero) is 1. The van der Waals surface area contributed by atoms with Gasteiger partial charge in [-0.05, 0) is 25.7 Å². The van der Waals surface area contributed by atoms with Crippen molar-refractivity contribution in [3.63, 3.8) is 0 Å². The van der Waals surface area contributed by atoms with Crippen LogP contribution in [0.5, 0.6) is 0 Å². The lowest BCUT2D eigenvalue weighted by atomic mass is 9.93. The van der Waals surface area contributed by atoms with Crippen LogP contribution >= 0.6 is 0 Å². The van der Waals surface area contributed by atoms with E-state index < -0.39 is 5.41 Å². The molecule has 15 heavy (non-hydrogen) atoms. The second-order valence-electron chi connectivity index (χ2n) is 4.17. The summed E-state index contributed by atoms with van der Waals surface area (Å²) in [5, 5.41) is 0. The van der Waals surface area contributed by atoms with E-state index in [-0.39, 0.29) is 17.7 Å². The zero-order valence-corrected chi connectivity index (χ0v) is 9.84. The molecule has 0 amide bonds. The highest BCUT2D eigenvalue weighted by molar-refractivity contribution is 6.07. The number of rotatable bonds is 6. The lowest BCUT2D eigenvalue weighted by Crippen LogP contribution is -2.30. The van der Waals surface area contributed by atoms with Crippen LogP contribution in [-0.4, -0.2) is 18.4 Å². The normalized spacial score (nSPS) is 28.6. The number of esters is 1.